The van der Waals surface area contributed by atoms with E-state index in [1.807, 2.05) is 0 Å². The molecule has 0 saturated heterocycles. The van der Waals surface area contributed by atoms with Crippen LogP contribution in [0.3, 0.4) is 0 Å². The molecule has 0 unspecified atom stereocenters. The summed E-state index contributed by atoms with van der Waals surface area (Å²) in [5.41, 5.74) is 0. The minimum Gasteiger partial charge on any atom is -0.402 e. The van der Waals surface area contributed by atoms with Gasteiger partial charge in [-0.1, -0.05) is 26.2 Å². The molecular formula is C11H23NOSi. The van der Waals surface area contributed by atoms with Crippen molar-refractivity contribution in [2.45, 2.75) is 64.8 Å². The molecule has 0 aromatic carbocycles. The minimum absolute atomic E-state index is 0.168. The van der Waals surface area contributed by atoms with Gasteiger partial charge in [-0.05, 0) is 32.5 Å². The summed E-state index contributed by atoms with van der Waals surface area (Å²) in [7, 11) is -1.53. The molecule has 82 valence electrons. The molecular weight excluding hydrogens is 190 g/mol. The Labute approximate surface area is 89.4 Å². The Morgan fingerprint density at radius 2 is 1.86 bits per heavy atom. The van der Waals surface area contributed by atoms with Gasteiger partial charge in [-0.3, -0.25) is 0 Å². The van der Waals surface area contributed by atoms with E-state index in [1.165, 1.54) is 19.3 Å². The van der Waals surface area contributed by atoms with Gasteiger partial charge in [-0.2, -0.15) is 5.26 Å². The summed E-state index contributed by atoms with van der Waals surface area (Å²) in [5.74, 6) is 0. The third-order valence-electron chi connectivity index (χ3n) is 1.96. The van der Waals surface area contributed by atoms with Crippen molar-refractivity contribution in [3.63, 3.8) is 0 Å². The van der Waals surface area contributed by atoms with Crippen molar-refractivity contribution in [1.82, 2.24) is 0 Å². The standard InChI is InChI=1S/C11H23NOSi/c1-5-6-7-8-9-11(10-12)13-14(2,3)4/h11H,5-9H2,1-4H3/t11-/m0/s1. The van der Waals surface area contributed by atoms with Crippen LogP contribution < -0.4 is 0 Å². The van der Waals surface area contributed by atoms with Crippen molar-refractivity contribution >= 4 is 8.32 Å². The molecule has 0 aliphatic heterocycles. The monoisotopic (exact) mass is 213 g/mol. The van der Waals surface area contributed by atoms with Gasteiger partial charge in [0, 0.05) is 0 Å². The number of hydrogen-bond acceptors (Lipinski definition) is 2. The topological polar surface area (TPSA) is 33.0 Å². The van der Waals surface area contributed by atoms with E-state index in [1.54, 1.807) is 0 Å². The fourth-order valence-corrected chi connectivity index (χ4v) is 2.36. The molecule has 0 aromatic heterocycles. The molecule has 0 aromatic rings. The Balaban J connectivity index is 3.66. The Bertz CT molecular complexity index is 181. The summed E-state index contributed by atoms with van der Waals surface area (Å²) in [5, 5.41) is 8.89. The Morgan fingerprint density at radius 3 is 2.29 bits per heavy atom. The number of nitriles is 1. The summed E-state index contributed by atoms with van der Waals surface area (Å²) in [6.07, 6.45) is 5.59. The zero-order chi connectivity index (χ0) is 11.0. The molecule has 0 saturated carbocycles. The highest BCUT2D eigenvalue weighted by atomic mass is 28.4. The van der Waals surface area contributed by atoms with Crippen LogP contribution in [-0.2, 0) is 4.43 Å². The van der Waals surface area contributed by atoms with E-state index < -0.39 is 8.32 Å². The second-order valence-electron chi connectivity index (χ2n) is 4.70. The first kappa shape index (κ1) is 13.7. The van der Waals surface area contributed by atoms with Gasteiger partial charge in [0.1, 0.15) is 6.10 Å². The highest BCUT2D eigenvalue weighted by Crippen LogP contribution is 2.13. The molecule has 14 heavy (non-hydrogen) atoms. The van der Waals surface area contributed by atoms with E-state index in [-0.39, 0.29) is 6.10 Å². The average molecular weight is 213 g/mol. The van der Waals surface area contributed by atoms with Crippen LogP contribution >= 0.6 is 0 Å². The summed E-state index contributed by atoms with van der Waals surface area (Å²) in [6.45, 7) is 8.58. The number of nitrogens with zero attached hydrogens (tertiary/aromatic N) is 1. The van der Waals surface area contributed by atoms with E-state index >= 15 is 0 Å². The Kier molecular flexibility index (Phi) is 6.86. The molecule has 0 spiro atoms. The highest BCUT2D eigenvalue weighted by molar-refractivity contribution is 6.69. The molecule has 0 rings (SSSR count). The van der Waals surface area contributed by atoms with Gasteiger partial charge in [0.15, 0.2) is 8.32 Å². The smallest absolute Gasteiger partial charge is 0.185 e. The number of hydrogen-bond donors (Lipinski definition) is 0. The van der Waals surface area contributed by atoms with Crippen molar-refractivity contribution < 1.29 is 4.43 Å². The fraction of sp³-hybridized carbons (Fsp3) is 0.909. The lowest BCUT2D eigenvalue weighted by molar-refractivity contribution is 0.233. The quantitative estimate of drug-likeness (QED) is 0.477. The Morgan fingerprint density at radius 1 is 1.21 bits per heavy atom. The summed E-state index contributed by atoms with van der Waals surface area (Å²) >= 11 is 0. The third-order valence-corrected chi connectivity index (χ3v) is 2.95. The predicted octanol–water partition coefficient (Wildman–Crippen LogP) is 3.70. The molecule has 0 aliphatic carbocycles. The molecule has 0 amide bonds. The molecule has 0 aliphatic rings. The molecule has 2 nitrogen and oxygen atoms in total. The van der Waals surface area contributed by atoms with E-state index in [4.69, 9.17) is 9.69 Å². The van der Waals surface area contributed by atoms with Crippen LogP contribution in [0, 0.1) is 11.3 Å². The lowest BCUT2D eigenvalue weighted by atomic mass is 10.1. The van der Waals surface area contributed by atoms with Crippen LogP contribution in [-0.4, -0.2) is 14.4 Å². The molecule has 1 atom stereocenters. The van der Waals surface area contributed by atoms with Crippen molar-refractivity contribution in [2.75, 3.05) is 0 Å². The highest BCUT2D eigenvalue weighted by Gasteiger charge is 2.20. The van der Waals surface area contributed by atoms with Gasteiger partial charge >= 0.3 is 0 Å². The van der Waals surface area contributed by atoms with Gasteiger partial charge < -0.3 is 4.43 Å². The van der Waals surface area contributed by atoms with Crippen molar-refractivity contribution in [2.24, 2.45) is 0 Å². The molecule has 0 N–H and O–H groups in total. The first-order valence-corrected chi connectivity index (χ1v) is 8.98. The third kappa shape index (κ3) is 8.27. The van der Waals surface area contributed by atoms with E-state index in [2.05, 4.69) is 32.6 Å². The zero-order valence-corrected chi connectivity index (χ0v) is 11.0. The van der Waals surface area contributed by atoms with Gasteiger partial charge in [-0.25, -0.2) is 0 Å². The van der Waals surface area contributed by atoms with Crippen LogP contribution in [0.4, 0.5) is 0 Å². The van der Waals surface area contributed by atoms with Gasteiger partial charge in [0.05, 0.1) is 6.07 Å². The number of rotatable bonds is 7. The van der Waals surface area contributed by atoms with Gasteiger partial charge in [0.2, 0.25) is 0 Å². The maximum Gasteiger partial charge on any atom is 0.185 e. The van der Waals surface area contributed by atoms with Gasteiger partial charge in [0.25, 0.3) is 0 Å². The number of unbranched alkanes of at least 4 members (excludes halogenated alkanes) is 3. The predicted molar refractivity (Wildman–Crippen MR) is 62.6 cm³/mol. The second-order valence-corrected chi connectivity index (χ2v) is 9.16. The van der Waals surface area contributed by atoms with E-state index in [0.717, 1.165) is 12.8 Å². The molecule has 0 bridgehead atoms. The van der Waals surface area contributed by atoms with Crippen molar-refractivity contribution in [3.8, 4) is 6.07 Å². The first-order chi connectivity index (χ1) is 6.49. The maximum atomic E-state index is 8.89. The largest absolute Gasteiger partial charge is 0.402 e. The van der Waals surface area contributed by atoms with Crippen LogP contribution in [0.1, 0.15) is 39.0 Å². The summed E-state index contributed by atoms with van der Waals surface area (Å²) in [4.78, 5) is 0. The first-order valence-electron chi connectivity index (χ1n) is 5.57. The van der Waals surface area contributed by atoms with E-state index in [0.29, 0.717) is 0 Å². The lowest BCUT2D eigenvalue weighted by Crippen LogP contribution is -2.31. The lowest BCUT2D eigenvalue weighted by Gasteiger charge is -2.21. The van der Waals surface area contributed by atoms with Crippen LogP contribution in [0.5, 0.6) is 0 Å². The van der Waals surface area contributed by atoms with Crippen LogP contribution in [0.15, 0.2) is 0 Å². The fourth-order valence-electron chi connectivity index (χ4n) is 1.33. The zero-order valence-electron chi connectivity index (χ0n) is 9.97. The molecule has 3 heteroatoms. The molecule has 0 radical (unpaired) electrons. The average Bonchev–Trinajstić information content (AvgIpc) is 2.08. The SMILES string of the molecule is CCCCCC[C@@H](C#N)O[Si](C)(C)C. The second kappa shape index (κ2) is 7.02. The normalized spacial score (nSPS) is 13.6. The van der Waals surface area contributed by atoms with Crippen molar-refractivity contribution in [1.29, 1.82) is 5.26 Å². The maximum absolute atomic E-state index is 8.89. The molecule has 0 fully saturated rings. The van der Waals surface area contributed by atoms with E-state index in [9.17, 15) is 0 Å². The van der Waals surface area contributed by atoms with Crippen molar-refractivity contribution in [3.05, 3.63) is 0 Å². The van der Waals surface area contributed by atoms with Crippen LogP contribution in [0.2, 0.25) is 19.6 Å². The summed E-state index contributed by atoms with van der Waals surface area (Å²) in [6, 6.07) is 2.25. The van der Waals surface area contributed by atoms with Gasteiger partial charge in [-0.15, -0.1) is 0 Å². The van der Waals surface area contributed by atoms with Crippen LogP contribution in [0.25, 0.3) is 0 Å². The minimum atomic E-state index is -1.53. The summed E-state index contributed by atoms with van der Waals surface area (Å²) < 4.78 is 5.74. The Hall–Kier alpha value is -0.333. The molecule has 0 heterocycles.